The summed E-state index contributed by atoms with van der Waals surface area (Å²) in [6.45, 7) is 4.11. The van der Waals surface area contributed by atoms with E-state index in [0.717, 1.165) is 61.7 Å². The van der Waals surface area contributed by atoms with Gasteiger partial charge in [-0.3, -0.25) is 14.3 Å². The first-order valence-electron chi connectivity index (χ1n) is 12.2. The lowest BCUT2D eigenvalue weighted by Gasteiger charge is -2.42. The maximum atomic E-state index is 13.0. The lowest BCUT2D eigenvalue weighted by molar-refractivity contribution is 0.0902. The van der Waals surface area contributed by atoms with Crippen LogP contribution in [0.5, 0.6) is 11.5 Å². The third kappa shape index (κ3) is 4.97. The molecule has 11 heteroatoms. The number of thiophene rings is 1. The number of hydrogen-bond acceptors (Lipinski definition) is 7. The van der Waals surface area contributed by atoms with Crippen molar-refractivity contribution in [3.63, 3.8) is 0 Å². The monoisotopic (exact) mass is 564 g/mol. The number of likely N-dealkylation sites (tertiary alicyclic amines) is 1. The van der Waals surface area contributed by atoms with E-state index in [4.69, 9.17) is 9.47 Å². The van der Waals surface area contributed by atoms with Gasteiger partial charge in [-0.1, -0.05) is 6.07 Å². The fourth-order valence-corrected chi connectivity index (χ4v) is 6.71. The van der Waals surface area contributed by atoms with E-state index in [0.29, 0.717) is 34.1 Å². The maximum Gasteiger partial charge on any atom is 0.328 e. The number of aromatic nitrogens is 3. The van der Waals surface area contributed by atoms with Crippen LogP contribution in [0.1, 0.15) is 30.7 Å². The van der Waals surface area contributed by atoms with Crippen molar-refractivity contribution in [1.82, 2.24) is 19.4 Å². The number of benzene rings is 1. The van der Waals surface area contributed by atoms with Crippen molar-refractivity contribution in [3.8, 4) is 11.5 Å². The molecule has 3 aromatic heterocycles. The number of halogens is 2. The highest BCUT2D eigenvalue weighted by Gasteiger charge is 2.37. The van der Waals surface area contributed by atoms with Gasteiger partial charge in [-0.05, 0) is 62.5 Å². The lowest BCUT2D eigenvalue weighted by atomic mass is 9.78. The predicted octanol–water partition coefficient (Wildman–Crippen LogP) is 4.43. The Hall–Kier alpha value is -2.59. The zero-order valence-corrected chi connectivity index (χ0v) is 22.9. The molecule has 1 saturated heterocycles. The normalized spacial score (nSPS) is 18.8. The second kappa shape index (κ2) is 11.4. The Morgan fingerprint density at radius 2 is 2.00 bits per heavy atom. The number of unbranched alkanes of at least 4 members (excludes halogenated alkanes) is 1. The third-order valence-electron chi connectivity index (χ3n) is 7.36. The number of piperidine rings is 1. The van der Waals surface area contributed by atoms with Gasteiger partial charge in [0, 0.05) is 30.8 Å². The summed E-state index contributed by atoms with van der Waals surface area (Å²) in [6, 6.07) is 9.80. The Kier molecular flexibility index (Phi) is 8.48. The van der Waals surface area contributed by atoms with Gasteiger partial charge in [0.1, 0.15) is 21.7 Å². The third-order valence-corrected chi connectivity index (χ3v) is 8.49. The summed E-state index contributed by atoms with van der Waals surface area (Å²) in [6.07, 6.45) is 4.46. The molecule has 6 rings (SSSR count). The average molecular weight is 566 g/mol. The van der Waals surface area contributed by atoms with Crippen molar-refractivity contribution < 1.29 is 9.47 Å². The molecule has 1 N–H and O–H groups in total. The summed E-state index contributed by atoms with van der Waals surface area (Å²) in [5, 5.41) is 0. The summed E-state index contributed by atoms with van der Waals surface area (Å²) >= 11 is 1.39. The van der Waals surface area contributed by atoms with Gasteiger partial charge in [-0.25, -0.2) is 4.79 Å². The van der Waals surface area contributed by atoms with Crippen molar-refractivity contribution in [2.75, 3.05) is 33.4 Å². The Morgan fingerprint density at radius 1 is 1.16 bits per heavy atom. The molecule has 0 radical (unpaired) electrons. The van der Waals surface area contributed by atoms with Crippen molar-refractivity contribution >= 4 is 56.6 Å². The molecule has 0 saturated carbocycles. The SMILES string of the molecule is COc1cccc2c1[C@@H]1CCN(CCCCn3c(=O)[nH]c4c(sc5cccnc54)c3=O)C[C@H]1CO2.Cl.Cl. The Bertz CT molecular complexity index is 1500. The minimum atomic E-state index is -0.361. The number of aromatic amines is 1. The predicted molar refractivity (Wildman–Crippen MR) is 152 cm³/mol. The Balaban J connectivity index is 0.00000160. The number of ether oxygens (including phenoxy) is 2. The number of nitrogens with one attached hydrogen (secondary N) is 1. The van der Waals surface area contributed by atoms with Crippen molar-refractivity contribution in [1.29, 1.82) is 0 Å². The highest BCUT2D eigenvalue weighted by atomic mass is 35.5. The molecule has 0 bridgehead atoms. The summed E-state index contributed by atoms with van der Waals surface area (Å²) in [7, 11) is 1.72. The van der Waals surface area contributed by atoms with Gasteiger partial charge in [0.2, 0.25) is 0 Å². The number of H-pyrrole nitrogens is 1. The molecule has 2 aliphatic heterocycles. The van der Waals surface area contributed by atoms with Crippen molar-refractivity contribution in [2.45, 2.75) is 31.7 Å². The van der Waals surface area contributed by atoms with Gasteiger partial charge in [-0.15, -0.1) is 36.2 Å². The molecule has 0 unspecified atom stereocenters. The topological polar surface area (TPSA) is 89.5 Å². The first kappa shape index (κ1) is 27.4. The van der Waals surface area contributed by atoms with E-state index in [9.17, 15) is 9.59 Å². The summed E-state index contributed by atoms with van der Waals surface area (Å²) in [5.74, 6) is 2.79. The van der Waals surface area contributed by atoms with Crippen LogP contribution >= 0.6 is 36.2 Å². The van der Waals surface area contributed by atoms with E-state index in [1.54, 1.807) is 13.3 Å². The maximum absolute atomic E-state index is 13.0. The molecule has 5 heterocycles. The largest absolute Gasteiger partial charge is 0.496 e. The van der Waals surface area contributed by atoms with Crippen LogP contribution in [0, 0.1) is 5.92 Å². The van der Waals surface area contributed by atoms with Crippen molar-refractivity contribution in [3.05, 3.63) is 62.9 Å². The molecule has 8 nitrogen and oxygen atoms in total. The Labute approximate surface area is 230 Å². The molecule has 0 spiro atoms. The summed E-state index contributed by atoms with van der Waals surface area (Å²) in [4.78, 5) is 35.4. The number of hydrogen-bond donors (Lipinski definition) is 1. The van der Waals surface area contributed by atoms with E-state index in [1.807, 2.05) is 30.3 Å². The number of nitrogens with zero attached hydrogens (tertiary/aromatic N) is 3. The fraction of sp³-hybridized carbons (Fsp3) is 0.423. The van der Waals surface area contributed by atoms with Crippen LogP contribution in [-0.4, -0.2) is 52.8 Å². The molecule has 37 heavy (non-hydrogen) atoms. The van der Waals surface area contributed by atoms with Gasteiger partial charge < -0.3 is 19.4 Å². The summed E-state index contributed by atoms with van der Waals surface area (Å²) in [5.41, 5.74) is 1.87. The first-order chi connectivity index (χ1) is 17.1. The molecular weight excluding hydrogens is 535 g/mol. The van der Waals surface area contributed by atoms with E-state index < -0.39 is 0 Å². The van der Waals surface area contributed by atoms with Gasteiger partial charge in [-0.2, -0.15) is 0 Å². The minimum absolute atomic E-state index is 0. The highest BCUT2D eigenvalue weighted by molar-refractivity contribution is 7.25. The van der Waals surface area contributed by atoms with E-state index in [-0.39, 0.29) is 36.1 Å². The van der Waals surface area contributed by atoms with E-state index in [1.165, 1.54) is 21.5 Å². The highest BCUT2D eigenvalue weighted by Crippen LogP contribution is 2.46. The van der Waals surface area contributed by atoms with Crippen LogP contribution in [0.4, 0.5) is 0 Å². The number of rotatable bonds is 6. The molecule has 0 aliphatic carbocycles. The van der Waals surface area contributed by atoms with Gasteiger partial charge in [0.15, 0.2) is 0 Å². The number of pyridine rings is 1. The molecule has 2 atom stereocenters. The molecule has 198 valence electrons. The first-order valence-corrected chi connectivity index (χ1v) is 13.0. The van der Waals surface area contributed by atoms with Crippen LogP contribution in [0.25, 0.3) is 20.4 Å². The molecule has 1 aromatic carbocycles. The quantitative estimate of drug-likeness (QED) is 0.348. The number of fused-ring (bicyclic) bond motifs is 6. The molecule has 2 aliphatic rings. The zero-order chi connectivity index (χ0) is 23.9. The number of methoxy groups -OCH3 is 1. The van der Waals surface area contributed by atoms with Crippen LogP contribution in [0.2, 0.25) is 0 Å². The van der Waals surface area contributed by atoms with Gasteiger partial charge >= 0.3 is 5.69 Å². The molecule has 4 aromatic rings. The Morgan fingerprint density at radius 3 is 2.84 bits per heavy atom. The van der Waals surface area contributed by atoms with Crippen LogP contribution in [-0.2, 0) is 6.54 Å². The second-order valence-corrected chi connectivity index (χ2v) is 10.4. The van der Waals surface area contributed by atoms with Gasteiger partial charge in [0.25, 0.3) is 5.56 Å². The van der Waals surface area contributed by atoms with Crippen LogP contribution in [0.15, 0.2) is 46.1 Å². The van der Waals surface area contributed by atoms with Crippen LogP contribution in [0.3, 0.4) is 0 Å². The molecule has 0 amide bonds. The lowest BCUT2D eigenvalue weighted by Crippen LogP contribution is -2.44. The fourth-order valence-electron chi connectivity index (χ4n) is 5.64. The standard InChI is InChI=1S/C26H28N4O4S.2ClH/c1-33-18-6-4-7-19-21(18)17-9-13-29(14-16(17)15-34-19)11-2-3-12-30-25(31)24-23(28-26(30)32)22-20(35-24)8-5-10-27-22;;/h4-8,10,16-17H,2-3,9,11-15H2,1H3,(H,28,32);2*1H/t16-,17+;;/m0../s1. The van der Waals surface area contributed by atoms with Crippen LogP contribution < -0.4 is 20.7 Å². The zero-order valence-electron chi connectivity index (χ0n) is 20.5. The van der Waals surface area contributed by atoms with Gasteiger partial charge in [0.05, 0.1) is 23.9 Å². The van der Waals surface area contributed by atoms with Crippen molar-refractivity contribution in [2.24, 2.45) is 5.92 Å². The minimum Gasteiger partial charge on any atom is -0.496 e. The molecular formula is C26H30Cl2N4O4S. The summed E-state index contributed by atoms with van der Waals surface area (Å²) < 4.78 is 14.5. The smallest absolute Gasteiger partial charge is 0.328 e. The second-order valence-electron chi connectivity index (χ2n) is 9.39. The average Bonchev–Trinajstić information content (AvgIpc) is 3.26. The van der Waals surface area contributed by atoms with E-state index >= 15 is 0 Å². The van der Waals surface area contributed by atoms with E-state index in [2.05, 4.69) is 14.9 Å². The molecule has 1 fully saturated rings.